The molecule has 1 aromatic heterocycles. The van der Waals surface area contributed by atoms with Gasteiger partial charge in [-0.15, -0.1) is 0 Å². The van der Waals surface area contributed by atoms with E-state index in [9.17, 15) is 10.1 Å². The molecule has 116 valence electrons. The molecule has 3 rings (SSSR count). The molecule has 23 heavy (non-hydrogen) atoms. The Morgan fingerprint density at radius 1 is 1.13 bits per heavy atom. The quantitative estimate of drug-likeness (QED) is 0.531. The average molecular weight is 309 g/mol. The van der Waals surface area contributed by atoms with E-state index in [0.29, 0.717) is 12.0 Å². The summed E-state index contributed by atoms with van der Waals surface area (Å²) in [5.74, 6) is 0. The second-order valence-corrected chi connectivity index (χ2v) is 5.04. The normalized spacial score (nSPS) is 10.7. The van der Waals surface area contributed by atoms with Crippen LogP contribution in [0.1, 0.15) is 5.56 Å². The maximum Gasteiger partial charge on any atom is 0.278 e. The first-order valence-corrected chi connectivity index (χ1v) is 7.08. The molecule has 6 heteroatoms. The van der Waals surface area contributed by atoms with Gasteiger partial charge in [0.05, 0.1) is 22.6 Å². The number of rotatable bonds is 5. The highest BCUT2D eigenvalue weighted by atomic mass is 16.7. The van der Waals surface area contributed by atoms with Crippen LogP contribution in [0.3, 0.4) is 0 Å². The van der Waals surface area contributed by atoms with E-state index in [1.807, 2.05) is 30.3 Å². The van der Waals surface area contributed by atoms with Crippen molar-refractivity contribution in [1.29, 1.82) is 0 Å². The fourth-order valence-corrected chi connectivity index (χ4v) is 2.41. The third-order valence-electron chi connectivity index (χ3n) is 3.58. The highest BCUT2D eigenvalue weighted by Crippen LogP contribution is 2.32. The second kappa shape index (κ2) is 6.41. The van der Waals surface area contributed by atoms with Gasteiger partial charge in [0.25, 0.3) is 5.69 Å². The van der Waals surface area contributed by atoms with Gasteiger partial charge < -0.3 is 0 Å². The maximum atomic E-state index is 11.1. The van der Waals surface area contributed by atoms with Crippen LogP contribution in [0.25, 0.3) is 10.8 Å². The van der Waals surface area contributed by atoms with Crippen LogP contribution in [0.4, 0.5) is 11.4 Å². The molecule has 0 amide bonds. The Labute approximate surface area is 133 Å². The summed E-state index contributed by atoms with van der Waals surface area (Å²) in [6, 6.07) is 14.7. The van der Waals surface area contributed by atoms with Gasteiger partial charge in [-0.05, 0) is 17.7 Å². The van der Waals surface area contributed by atoms with E-state index in [2.05, 4.69) is 4.98 Å². The van der Waals surface area contributed by atoms with E-state index in [-0.39, 0.29) is 5.69 Å². The summed E-state index contributed by atoms with van der Waals surface area (Å²) in [5.41, 5.74) is 1.84. The van der Waals surface area contributed by atoms with Crippen LogP contribution in [0, 0.1) is 10.1 Å². The van der Waals surface area contributed by atoms with E-state index in [0.717, 1.165) is 16.6 Å². The molecular formula is C17H15N3O3. The van der Waals surface area contributed by atoms with Crippen molar-refractivity contribution >= 4 is 22.1 Å². The van der Waals surface area contributed by atoms with Crippen LogP contribution in [-0.4, -0.2) is 17.0 Å². The summed E-state index contributed by atoms with van der Waals surface area (Å²) < 4.78 is 0. The Bertz CT molecular complexity index is 837. The number of fused-ring (bicyclic) bond motifs is 1. The van der Waals surface area contributed by atoms with Crippen LogP contribution < -0.4 is 5.06 Å². The third-order valence-corrected chi connectivity index (χ3v) is 3.58. The number of nitro benzene ring substituents is 1. The van der Waals surface area contributed by atoms with Gasteiger partial charge in [-0.3, -0.25) is 25.0 Å². The van der Waals surface area contributed by atoms with Gasteiger partial charge in [0.2, 0.25) is 0 Å². The second-order valence-electron chi connectivity index (χ2n) is 5.04. The Kier molecular flexibility index (Phi) is 4.16. The number of anilines is 1. The molecule has 0 fully saturated rings. The van der Waals surface area contributed by atoms with Crippen molar-refractivity contribution in [2.75, 3.05) is 12.1 Å². The summed E-state index contributed by atoms with van der Waals surface area (Å²) in [7, 11) is 1.78. The third kappa shape index (κ3) is 3.12. The Morgan fingerprint density at radius 3 is 2.65 bits per heavy atom. The molecule has 0 aliphatic rings. The monoisotopic (exact) mass is 309 g/mol. The van der Waals surface area contributed by atoms with Crippen molar-refractivity contribution in [3.8, 4) is 0 Å². The van der Waals surface area contributed by atoms with E-state index in [4.69, 9.17) is 4.84 Å². The molecule has 0 bridgehead atoms. The van der Waals surface area contributed by atoms with Gasteiger partial charge in [-0.1, -0.05) is 30.3 Å². The predicted molar refractivity (Wildman–Crippen MR) is 88.0 cm³/mol. The molecule has 0 saturated carbocycles. The number of hydrogen-bond donors (Lipinski definition) is 0. The maximum absolute atomic E-state index is 11.1. The molecule has 0 aliphatic heterocycles. The van der Waals surface area contributed by atoms with E-state index in [1.165, 1.54) is 12.3 Å². The topological polar surface area (TPSA) is 68.5 Å². The van der Waals surface area contributed by atoms with Crippen molar-refractivity contribution in [2.24, 2.45) is 0 Å². The zero-order valence-electron chi connectivity index (χ0n) is 12.5. The zero-order valence-corrected chi connectivity index (χ0v) is 12.5. The zero-order chi connectivity index (χ0) is 16.2. The van der Waals surface area contributed by atoms with Gasteiger partial charge in [0, 0.05) is 30.9 Å². The number of benzene rings is 2. The van der Waals surface area contributed by atoms with Crippen LogP contribution in [0.2, 0.25) is 0 Å². The number of hydrogen-bond acceptors (Lipinski definition) is 5. The van der Waals surface area contributed by atoms with Crippen molar-refractivity contribution in [3.63, 3.8) is 0 Å². The molecule has 0 atom stereocenters. The Morgan fingerprint density at radius 2 is 1.91 bits per heavy atom. The highest BCUT2D eigenvalue weighted by Gasteiger charge is 2.16. The van der Waals surface area contributed by atoms with Gasteiger partial charge in [-0.2, -0.15) is 0 Å². The highest BCUT2D eigenvalue weighted by molar-refractivity contribution is 5.99. The van der Waals surface area contributed by atoms with Crippen LogP contribution >= 0.6 is 0 Å². The molecule has 2 aromatic carbocycles. The summed E-state index contributed by atoms with van der Waals surface area (Å²) >= 11 is 0. The average Bonchev–Trinajstić information content (AvgIpc) is 2.59. The minimum atomic E-state index is -0.404. The lowest BCUT2D eigenvalue weighted by Crippen LogP contribution is -2.18. The molecule has 0 radical (unpaired) electrons. The lowest BCUT2D eigenvalue weighted by Gasteiger charge is -2.20. The van der Waals surface area contributed by atoms with Crippen LogP contribution in [-0.2, 0) is 11.4 Å². The Hall–Kier alpha value is -2.99. The van der Waals surface area contributed by atoms with Crippen LogP contribution in [0.15, 0.2) is 60.9 Å². The van der Waals surface area contributed by atoms with Gasteiger partial charge in [0.1, 0.15) is 0 Å². The van der Waals surface area contributed by atoms with Crippen molar-refractivity contribution in [2.45, 2.75) is 6.61 Å². The number of non-ortho nitro benzene ring substituents is 1. The number of hydroxylamine groups is 1. The fourth-order valence-electron chi connectivity index (χ4n) is 2.41. The first-order chi connectivity index (χ1) is 11.2. The molecule has 0 N–H and O–H groups in total. The first-order valence-electron chi connectivity index (χ1n) is 7.08. The van der Waals surface area contributed by atoms with Crippen molar-refractivity contribution < 1.29 is 9.76 Å². The van der Waals surface area contributed by atoms with Crippen LogP contribution in [0.5, 0.6) is 0 Å². The summed E-state index contributed by atoms with van der Waals surface area (Å²) in [5, 5.41) is 14.0. The first kappa shape index (κ1) is 14.9. The van der Waals surface area contributed by atoms with E-state index < -0.39 is 4.92 Å². The molecule has 1 heterocycles. The summed E-state index contributed by atoms with van der Waals surface area (Å²) in [4.78, 5) is 20.5. The van der Waals surface area contributed by atoms with Crippen molar-refractivity contribution in [1.82, 2.24) is 4.98 Å². The molecule has 0 unspecified atom stereocenters. The minimum Gasteiger partial charge on any atom is -0.269 e. The van der Waals surface area contributed by atoms with Gasteiger partial charge in [-0.25, -0.2) is 0 Å². The van der Waals surface area contributed by atoms with Gasteiger partial charge in [0.15, 0.2) is 0 Å². The van der Waals surface area contributed by atoms with Crippen molar-refractivity contribution in [3.05, 3.63) is 76.6 Å². The fraction of sp³-hybridized carbons (Fsp3) is 0.118. The summed E-state index contributed by atoms with van der Waals surface area (Å²) in [6.07, 6.45) is 3.11. The number of aromatic nitrogens is 1. The molecule has 3 aromatic rings. The molecular weight excluding hydrogens is 294 g/mol. The van der Waals surface area contributed by atoms with E-state index in [1.54, 1.807) is 30.4 Å². The number of nitrogens with zero attached hydrogens (tertiary/aromatic N) is 3. The Balaban J connectivity index is 1.90. The molecule has 0 spiro atoms. The molecule has 6 nitrogen and oxygen atoms in total. The number of nitro groups is 1. The number of pyridine rings is 1. The smallest absolute Gasteiger partial charge is 0.269 e. The minimum absolute atomic E-state index is 0.0355. The molecule has 0 saturated heterocycles. The van der Waals surface area contributed by atoms with Gasteiger partial charge >= 0.3 is 0 Å². The van der Waals surface area contributed by atoms with E-state index >= 15 is 0 Å². The molecule has 0 aliphatic carbocycles. The summed E-state index contributed by atoms with van der Waals surface area (Å²) in [6.45, 7) is 0.418. The largest absolute Gasteiger partial charge is 0.278 e. The SMILES string of the molecule is CN(OCc1ccccc1)c1ccc([N+](=O)[O-])c2cnccc12. The standard InChI is InChI=1S/C17H15N3O3/c1-19(23-12-13-5-3-2-4-6-13)16-7-8-17(20(21)22)15-11-18-10-9-14(15)16/h2-11H,12H2,1H3. The lowest BCUT2D eigenvalue weighted by atomic mass is 10.1. The lowest BCUT2D eigenvalue weighted by molar-refractivity contribution is -0.383. The predicted octanol–water partition coefficient (Wildman–Crippen LogP) is 3.71.